The Hall–Kier alpha value is -2.13. The van der Waals surface area contributed by atoms with Gasteiger partial charge in [-0.15, -0.1) is 0 Å². The summed E-state index contributed by atoms with van der Waals surface area (Å²) < 4.78 is 26.6. The zero-order valence-corrected chi connectivity index (χ0v) is 20.3. The van der Waals surface area contributed by atoms with Gasteiger partial charge >= 0.3 is 0 Å². The molecule has 0 bridgehead atoms. The molecule has 1 heterocycles. The van der Waals surface area contributed by atoms with Gasteiger partial charge in [-0.1, -0.05) is 44.2 Å². The Balaban J connectivity index is 1.64. The zero-order chi connectivity index (χ0) is 23.0. The van der Waals surface area contributed by atoms with Crippen molar-refractivity contribution in [1.29, 1.82) is 0 Å². The topological polar surface area (TPSA) is 69.7 Å². The number of para-hydroxylation sites is 1. The average Bonchev–Trinajstić information content (AvgIpc) is 2.80. The number of anilines is 1. The van der Waals surface area contributed by atoms with E-state index in [0.717, 1.165) is 48.0 Å². The molecule has 0 radical (unpaired) electrons. The van der Waals surface area contributed by atoms with Crippen molar-refractivity contribution in [3.05, 3.63) is 65.7 Å². The number of hydrogen-bond acceptors (Lipinski definition) is 5. The van der Waals surface area contributed by atoms with Gasteiger partial charge in [0, 0.05) is 56.0 Å². The van der Waals surface area contributed by atoms with Crippen LogP contribution in [0, 0.1) is 0 Å². The van der Waals surface area contributed by atoms with Gasteiger partial charge in [0.1, 0.15) is 0 Å². The number of nitrogens with zero attached hydrogens (tertiary/aromatic N) is 2. The van der Waals surface area contributed by atoms with Gasteiger partial charge in [-0.25, -0.2) is 8.42 Å². The lowest BCUT2D eigenvalue weighted by atomic mass is 10.1. The summed E-state index contributed by atoms with van der Waals surface area (Å²) in [5.41, 5.74) is 2.69. The molecule has 0 unspecified atom stereocenters. The van der Waals surface area contributed by atoms with Gasteiger partial charge in [0.2, 0.25) is 15.9 Å². The second kappa shape index (κ2) is 11.7. The van der Waals surface area contributed by atoms with Gasteiger partial charge in [-0.3, -0.25) is 9.69 Å². The third-order valence-electron chi connectivity index (χ3n) is 5.42. The maximum Gasteiger partial charge on any atom is 0.248 e. The van der Waals surface area contributed by atoms with E-state index in [0.29, 0.717) is 13.1 Å². The van der Waals surface area contributed by atoms with E-state index in [9.17, 15) is 13.2 Å². The van der Waals surface area contributed by atoms with Gasteiger partial charge in [0.05, 0.1) is 4.90 Å². The van der Waals surface area contributed by atoms with E-state index in [1.165, 1.54) is 10.4 Å². The summed E-state index contributed by atoms with van der Waals surface area (Å²) in [6, 6.07) is 14.5. The predicted molar refractivity (Wildman–Crippen MR) is 133 cm³/mol. The number of carbonyl (C=O) groups excluding carboxylic acids is 1. The van der Waals surface area contributed by atoms with Crippen molar-refractivity contribution in [1.82, 2.24) is 9.21 Å². The fourth-order valence-electron chi connectivity index (χ4n) is 3.59. The molecule has 8 heteroatoms. The summed E-state index contributed by atoms with van der Waals surface area (Å²) in [6.45, 7) is 7.45. The fraction of sp³-hybridized carbons (Fsp3) is 0.375. The summed E-state index contributed by atoms with van der Waals surface area (Å²) in [4.78, 5) is 15.2. The van der Waals surface area contributed by atoms with Crippen LogP contribution in [-0.2, 0) is 21.4 Å². The van der Waals surface area contributed by atoms with E-state index < -0.39 is 10.0 Å². The summed E-state index contributed by atoms with van der Waals surface area (Å²) in [7, 11) is -3.48. The minimum Gasteiger partial charge on any atom is -0.322 e. The maximum absolute atomic E-state index is 12.6. The Morgan fingerprint density at radius 2 is 1.72 bits per heavy atom. The van der Waals surface area contributed by atoms with Crippen LogP contribution in [0.4, 0.5) is 5.69 Å². The van der Waals surface area contributed by atoms with Crippen molar-refractivity contribution in [3.8, 4) is 0 Å². The normalized spacial score (nSPS) is 15.3. The van der Waals surface area contributed by atoms with Crippen LogP contribution >= 0.6 is 11.8 Å². The summed E-state index contributed by atoms with van der Waals surface area (Å²) >= 11 is 1.98. The van der Waals surface area contributed by atoms with Gasteiger partial charge in [0.15, 0.2) is 0 Å². The van der Waals surface area contributed by atoms with Crippen molar-refractivity contribution in [3.63, 3.8) is 0 Å². The number of thioether (sulfide) groups is 1. The number of rotatable bonds is 9. The molecular weight excluding hydrogens is 442 g/mol. The van der Waals surface area contributed by atoms with E-state index in [1.54, 1.807) is 30.3 Å². The minimum atomic E-state index is -3.48. The molecule has 0 aliphatic carbocycles. The van der Waals surface area contributed by atoms with E-state index in [-0.39, 0.29) is 10.8 Å². The zero-order valence-electron chi connectivity index (χ0n) is 18.7. The Bertz CT molecular complexity index is 1030. The molecule has 32 heavy (non-hydrogen) atoms. The number of amides is 1. The van der Waals surface area contributed by atoms with Crippen LogP contribution in [-0.4, -0.2) is 61.2 Å². The smallest absolute Gasteiger partial charge is 0.248 e. The van der Waals surface area contributed by atoms with E-state index in [1.807, 2.05) is 43.8 Å². The van der Waals surface area contributed by atoms with Crippen LogP contribution in [0.1, 0.15) is 25.0 Å². The van der Waals surface area contributed by atoms with Crippen LogP contribution in [0.25, 0.3) is 6.08 Å². The summed E-state index contributed by atoms with van der Waals surface area (Å²) in [5.74, 6) is 2.07. The molecule has 0 saturated carbocycles. The number of sulfonamides is 1. The van der Waals surface area contributed by atoms with Gasteiger partial charge in [-0.2, -0.15) is 16.1 Å². The van der Waals surface area contributed by atoms with E-state index in [2.05, 4.69) is 16.3 Å². The lowest BCUT2D eigenvalue weighted by Crippen LogP contribution is -2.32. The highest BCUT2D eigenvalue weighted by Crippen LogP contribution is 2.20. The maximum atomic E-state index is 12.6. The molecule has 1 aliphatic rings. The van der Waals surface area contributed by atoms with Crippen LogP contribution in [0.15, 0.2) is 59.5 Å². The Kier molecular flexibility index (Phi) is 8.92. The molecule has 1 N–H and O–H groups in total. The molecule has 2 aromatic carbocycles. The van der Waals surface area contributed by atoms with Crippen molar-refractivity contribution >= 4 is 39.5 Å². The second-order valence-corrected chi connectivity index (χ2v) is 10.7. The average molecular weight is 474 g/mol. The molecular formula is C24H31N3O3S2. The van der Waals surface area contributed by atoms with Crippen LogP contribution in [0.2, 0.25) is 0 Å². The van der Waals surface area contributed by atoms with Crippen molar-refractivity contribution in [2.75, 3.05) is 43.0 Å². The molecule has 6 nitrogen and oxygen atoms in total. The monoisotopic (exact) mass is 473 g/mol. The first-order chi connectivity index (χ1) is 15.4. The largest absolute Gasteiger partial charge is 0.322 e. The first kappa shape index (κ1) is 24.5. The van der Waals surface area contributed by atoms with Gasteiger partial charge < -0.3 is 5.32 Å². The van der Waals surface area contributed by atoms with E-state index in [4.69, 9.17) is 0 Å². The van der Waals surface area contributed by atoms with Gasteiger partial charge in [-0.05, 0) is 35.4 Å². The van der Waals surface area contributed by atoms with Gasteiger partial charge in [0.25, 0.3) is 0 Å². The first-order valence-electron chi connectivity index (χ1n) is 10.9. The fourth-order valence-corrected chi connectivity index (χ4v) is 6.03. The highest BCUT2D eigenvalue weighted by Gasteiger charge is 2.21. The molecule has 1 amide bonds. The lowest BCUT2D eigenvalue weighted by molar-refractivity contribution is -0.111. The molecule has 1 aliphatic heterocycles. The molecule has 0 spiro atoms. The van der Waals surface area contributed by atoms with Crippen LogP contribution < -0.4 is 5.32 Å². The number of benzene rings is 2. The molecule has 172 valence electrons. The molecule has 0 aromatic heterocycles. The highest BCUT2D eigenvalue weighted by molar-refractivity contribution is 7.99. The van der Waals surface area contributed by atoms with Crippen molar-refractivity contribution in [2.45, 2.75) is 25.3 Å². The molecule has 1 saturated heterocycles. The third-order valence-corrected chi connectivity index (χ3v) is 8.43. The molecule has 2 aromatic rings. The molecule has 1 fully saturated rings. The Morgan fingerprint density at radius 1 is 1.06 bits per heavy atom. The predicted octanol–water partition coefficient (Wildman–Crippen LogP) is 3.92. The quantitative estimate of drug-likeness (QED) is 0.559. The molecule has 0 atom stereocenters. The first-order valence-corrected chi connectivity index (χ1v) is 13.5. The lowest BCUT2D eigenvalue weighted by Gasteiger charge is -2.27. The Morgan fingerprint density at radius 3 is 2.38 bits per heavy atom. The van der Waals surface area contributed by atoms with Crippen molar-refractivity contribution < 1.29 is 13.2 Å². The van der Waals surface area contributed by atoms with Crippen LogP contribution in [0.5, 0.6) is 0 Å². The number of hydrogen-bond donors (Lipinski definition) is 1. The SMILES string of the molecule is CCN(CC)S(=O)(=O)c1ccc(/C=C/C(=O)Nc2ccccc2CN2CCSCC2)cc1. The minimum absolute atomic E-state index is 0.216. The summed E-state index contributed by atoms with van der Waals surface area (Å²) in [5, 5.41) is 2.98. The summed E-state index contributed by atoms with van der Waals surface area (Å²) in [6.07, 6.45) is 3.16. The second-order valence-electron chi connectivity index (χ2n) is 7.53. The number of carbonyl (C=O) groups is 1. The van der Waals surface area contributed by atoms with Crippen LogP contribution in [0.3, 0.4) is 0 Å². The standard InChI is InChI=1S/C24H31N3O3S2/c1-3-27(4-2)32(29,30)22-12-9-20(10-13-22)11-14-24(28)25-23-8-6-5-7-21(23)19-26-15-17-31-18-16-26/h5-14H,3-4,15-19H2,1-2H3,(H,25,28)/b14-11+. The molecule has 3 rings (SSSR count). The van der Waals surface area contributed by atoms with E-state index >= 15 is 0 Å². The third kappa shape index (κ3) is 6.45. The number of nitrogens with one attached hydrogen (secondary N) is 1. The van der Waals surface area contributed by atoms with Crippen molar-refractivity contribution in [2.24, 2.45) is 0 Å². The Labute approximate surface area is 195 Å². The highest BCUT2D eigenvalue weighted by atomic mass is 32.2.